The van der Waals surface area contributed by atoms with Crippen LogP contribution >= 0.6 is 0 Å². The Hall–Kier alpha value is -1.02. The molecule has 1 fully saturated rings. The number of ether oxygens (including phenoxy) is 1. The lowest BCUT2D eigenvalue weighted by molar-refractivity contribution is 0.288. The van der Waals surface area contributed by atoms with Crippen LogP contribution in [0.5, 0.6) is 5.75 Å². The second kappa shape index (κ2) is 5.77. The number of rotatable bonds is 6. The van der Waals surface area contributed by atoms with Crippen LogP contribution in [-0.4, -0.2) is 19.2 Å². The van der Waals surface area contributed by atoms with Crippen molar-refractivity contribution >= 4 is 0 Å². The minimum Gasteiger partial charge on any atom is -0.493 e. The van der Waals surface area contributed by atoms with E-state index in [2.05, 4.69) is 37.4 Å². The molecule has 2 nitrogen and oxygen atoms in total. The summed E-state index contributed by atoms with van der Waals surface area (Å²) in [6.07, 6.45) is 7.50. The first kappa shape index (κ1) is 13.9. The van der Waals surface area contributed by atoms with Crippen molar-refractivity contribution < 1.29 is 4.74 Å². The van der Waals surface area contributed by atoms with Crippen LogP contribution in [0.3, 0.4) is 0 Å². The predicted molar refractivity (Wildman–Crippen MR) is 83.4 cm³/mol. The zero-order chi connectivity index (χ0) is 14.0. The van der Waals surface area contributed by atoms with Crippen LogP contribution in [-0.2, 0) is 12.8 Å². The number of fused-ring (bicyclic) bond motifs is 1. The van der Waals surface area contributed by atoms with Gasteiger partial charge in [-0.15, -0.1) is 0 Å². The van der Waals surface area contributed by atoms with E-state index in [1.807, 2.05) is 0 Å². The normalized spacial score (nSPS) is 18.5. The van der Waals surface area contributed by atoms with E-state index in [4.69, 9.17) is 4.74 Å². The van der Waals surface area contributed by atoms with Gasteiger partial charge in [0.1, 0.15) is 5.75 Å². The third-order valence-electron chi connectivity index (χ3n) is 4.51. The summed E-state index contributed by atoms with van der Waals surface area (Å²) in [5, 5.41) is 3.66. The largest absolute Gasteiger partial charge is 0.493 e. The fourth-order valence-corrected chi connectivity index (χ4v) is 2.85. The van der Waals surface area contributed by atoms with Gasteiger partial charge in [0.2, 0.25) is 0 Å². The number of benzene rings is 1. The molecule has 0 radical (unpaired) electrons. The third-order valence-corrected chi connectivity index (χ3v) is 4.51. The average Bonchev–Trinajstić information content (AvgIpc) is 3.27. The quantitative estimate of drug-likeness (QED) is 0.853. The Morgan fingerprint density at radius 2 is 2.15 bits per heavy atom. The van der Waals surface area contributed by atoms with Crippen molar-refractivity contribution in [3.8, 4) is 5.75 Å². The molecule has 0 unspecified atom stereocenters. The Morgan fingerprint density at radius 1 is 1.30 bits per heavy atom. The van der Waals surface area contributed by atoms with Gasteiger partial charge in [-0.2, -0.15) is 0 Å². The van der Waals surface area contributed by atoms with Gasteiger partial charge in [-0.3, -0.25) is 0 Å². The zero-order valence-electron chi connectivity index (χ0n) is 12.9. The van der Waals surface area contributed by atoms with E-state index in [1.54, 1.807) is 0 Å². The van der Waals surface area contributed by atoms with E-state index >= 15 is 0 Å². The second-order valence-corrected chi connectivity index (χ2v) is 7.21. The van der Waals surface area contributed by atoms with Crippen molar-refractivity contribution in [2.75, 3.05) is 13.2 Å². The van der Waals surface area contributed by atoms with Gasteiger partial charge in [0.05, 0.1) is 6.61 Å². The van der Waals surface area contributed by atoms with Crippen LogP contribution in [0.4, 0.5) is 0 Å². The Labute approximate surface area is 122 Å². The Balaban J connectivity index is 1.54. The molecule has 1 aliphatic carbocycles. The lowest BCUT2D eigenvalue weighted by Gasteiger charge is -2.25. The van der Waals surface area contributed by atoms with Gasteiger partial charge in [-0.05, 0) is 61.1 Å². The minimum atomic E-state index is 0.384. The molecule has 0 aromatic heterocycles. The molecule has 0 amide bonds. The van der Waals surface area contributed by atoms with Crippen molar-refractivity contribution in [3.63, 3.8) is 0 Å². The lowest BCUT2D eigenvalue weighted by atomic mass is 9.85. The molecule has 1 heterocycles. The predicted octanol–water partition coefficient (Wildman–Crippen LogP) is 3.72. The second-order valence-electron chi connectivity index (χ2n) is 7.21. The molecule has 1 aromatic carbocycles. The first-order valence-corrected chi connectivity index (χ1v) is 8.10. The third kappa shape index (κ3) is 3.76. The molecule has 0 atom stereocenters. The van der Waals surface area contributed by atoms with Gasteiger partial charge in [0, 0.05) is 12.6 Å². The van der Waals surface area contributed by atoms with Crippen molar-refractivity contribution in [2.45, 2.75) is 58.4 Å². The highest BCUT2D eigenvalue weighted by molar-refractivity contribution is 5.38. The van der Waals surface area contributed by atoms with Gasteiger partial charge in [-0.25, -0.2) is 0 Å². The fourth-order valence-electron chi connectivity index (χ4n) is 2.85. The standard InChI is InChI=1S/C18H27NO/c1-18(2,13-19-16-6-7-16)10-9-14-5-8-17-15(12-14)4-3-11-20-17/h5,8,12,16,19H,3-4,6-7,9-11,13H2,1-2H3. The molecular formula is C18H27NO. The molecule has 110 valence electrons. The summed E-state index contributed by atoms with van der Waals surface area (Å²) in [5.41, 5.74) is 3.26. The van der Waals surface area contributed by atoms with E-state index in [1.165, 1.54) is 43.2 Å². The van der Waals surface area contributed by atoms with Crippen molar-refractivity contribution in [2.24, 2.45) is 5.41 Å². The topological polar surface area (TPSA) is 21.3 Å². The van der Waals surface area contributed by atoms with Crippen LogP contribution in [0.2, 0.25) is 0 Å². The molecule has 20 heavy (non-hydrogen) atoms. The zero-order valence-corrected chi connectivity index (χ0v) is 12.9. The highest BCUT2D eigenvalue weighted by Crippen LogP contribution is 2.29. The van der Waals surface area contributed by atoms with Crippen molar-refractivity contribution in [1.82, 2.24) is 5.32 Å². The summed E-state index contributed by atoms with van der Waals surface area (Å²) >= 11 is 0. The van der Waals surface area contributed by atoms with Crippen LogP contribution in [0, 0.1) is 5.41 Å². The first-order valence-electron chi connectivity index (χ1n) is 8.10. The SMILES string of the molecule is CC(C)(CCc1ccc2c(c1)CCCO2)CNC1CC1. The fraction of sp³-hybridized carbons (Fsp3) is 0.667. The van der Waals surface area contributed by atoms with Gasteiger partial charge < -0.3 is 10.1 Å². The molecule has 1 aliphatic heterocycles. The highest BCUT2D eigenvalue weighted by atomic mass is 16.5. The van der Waals surface area contributed by atoms with E-state index in [0.29, 0.717) is 5.41 Å². The molecule has 0 bridgehead atoms. The maximum Gasteiger partial charge on any atom is 0.122 e. The molecule has 2 heteroatoms. The number of hydrogen-bond acceptors (Lipinski definition) is 2. The molecule has 1 aromatic rings. The maximum absolute atomic E-state index is 5.69. The summed E-state index contributed by atoms with van der Waals surface area (Å²) in [5.74, 6) is 1.11. The van der Waals surface area contributed by atoms with E-state index < -0.39 is 0 Å². The molecule has 1 saturated carbocycles. The smallest absolute Gasteiger partial charge is 0.122 e. The summed E-state index contributed by atoms with van der Waals surface area (Å²) in [4.78, 5) is 0. The van der Waals surface area contributed by atoms with Gasteiger partial charge in [-0.1, -0.05) is 26.0 Å². The van der Waals surface area contributed by atoms with Crippen LogP contribution in [0.25, 0.3) is 0 Å². The van der Waals surface area contributed by atoms with Gasteiger partial charge >= 0.3 is 0 Å². The van der Waals surface area contributed by atoms with E-state index in [0.717, 1.165) is 31.4 Å². The summed E-state index contributed by atoms with van der Waals surface area (Å²) in [6, 6.07) is 7.59. The molecule has 0 spiro atoms. The Morgan fingerprint density at radius 3 is 2.95 bits per heavy atom. The van der Waals surface area contributed by atoms with Crippen molar-refractivity contribution in [3.05, 3.63) is 29.3 Å². The first-order chi connectivity index (χ1) is 9.62. The van der Waals surface area contributed by atoms with Crippen LogP contribution in [0.15, 0.2) is 18.2 Å². The minimum absolute atomic E-state index is 0.384. The summed E-state index contributed by atoms with van der Waals surface area (Å²) in [6.45, 7) is 6.78. The summed E-state index contributed by atoms with van der Waals surface area (Å²) < 4.78 is 5.69. The lowest BCUT2D eigenvalue weighted by Crippen LogP contribution is -2.31. The molecule has 1 N–H and O–H groups in total. The van der Waals surface area contributed by atoms with E-state index in [-0.39, 0.29) is 0 Å². The number of nitrogens with one attached hydrogen (secondary N) is 1. The Kier molecular flexibility index (Phi) is 4.02. The van der Waals surface area contributed by atoms with Crippen LogP contribution < -0.4 is 10.1 Å². The number of aryl methyl sites for hydroxylation is 2. The maximum atomic E-state index is 5.69. The van der Waals surface area contributed by atoms with Gasteiger partial charge in [0.25, 0.3) is 0 Å². The van der Waals surface area contributed by atoms with Crippen LogP contribution in [0.1, 0.15) is 50.7 Å². The molecular weight excluding hydrogens is 246 g/mol. The molecule has 3 rings (SSSR count). The monoisotopic (exact) mass is 273 g/mol. The van der Waals surface area contributed by atoms with Crippen molar-refractivity contribution in [1.29, 1.82) is 0 Å². The molecule has 2 aliphatic rings. The molecule has 0 saturated heterocycles. The average molecular weight is 273 g/mol. The summed E-state index contributed by atoms with van der Waals surface area (Å²) in [7, 11) is 0. The highest BCUT2D eigenvalue weighted by Gasteiger charge is 2.25. The number of hydrogen-bond donors (Lipinski definition) is 1. The Bertz CT molecular complexity index is 462. The van der Waals surface area contributed by atoms with E-state index in [9.17, 15) is 0 Å². The van der Waals surface area contributed by atoms with Gasteiger partial charge in [0.15, 0.2) is 0 Å².